The van der Waals surface area contributed by atoms with E-state index in [0.29, 0.717) is 22.2 Å². The van der Waals surface area contributed by atoms with E-state index in [1.54, 1.807) is 18.2 Å². The Morgan fingerprint density at radius 1 is 1.27 bits per heavy atom. The minimum Gasteiger partial charge on any atom is -0.480 e. The van der Waals surface area contributed by atoms with Crippen molar-refractivity contribution in [3.8, 4) is 0 Å². The Morgan fingerprint density at radius 2 is 1.91 bits per heavy atom. The number of carboxylic acid groups (broad SMARTS) is 1. The van der Waals surface area contributed by atoms with Crippen LogP contribution >= 0.6 is 23.2 Å². The Kier molecular flexibility index (Phi) is 8.19. The van der Waals surface area contributed by atoms with Gasteiger partial charge in [0.1, 0.15) is 12.6 Å². The molecule has 0 heterocycles. The number of halogens is 2. The average molecular weight is 350 g/mol. The van der Waals surface area contributed by atoms with Crippen LogP contribution in [0.4, 0.5) is 0 Å². The number of benzene rings is 1. The van der Waals surface area contributed by atoms with Crippen LogP contribution in [0.3, 0.4) is 0 Å². The predicted octanol–water partition coefficient (Wildman–Crippen LogP) is 1.77. The molecule has 0 aliphatic carbocycles. The molecule has 0 saturated carbocycles. The van der Waals surface area contributed by atoms with Crippen molar-refractivity contribution in [2.24, 2.45) is 0 Å². The fourth-order valence-electron chi connectivity index (χ4n) is 1.67. The van der Waals surface area contributed by atoms with Gasteiger partial charge < -0.3 is 19.9 Å². The zero-order valence-electron chi connectivity index (χ0n) is 12.0. The number of carboxylic acids is 1. The number of hydrogen-bond acceptors (Lipinski definition) is 4. The fraction of sp³-hybridized carbons (Fsp3) is 0.429. The molecule has 0 unspecified atom stereocenters. The fourth-order valence-corrected chi connectivity index (χ4v) is 2.23. The number of nitrogens with one attached hydrogen (secondary N) is 1. The molecule has 0 spiro atoms. The molecule has 0 aliphatic heterocycles. The van der Waals surface area contributed by atoms with Gasteiger partial charge in [0.05, 0.1) is 13.2 Å². The molecule has 1 amide bonds. The zero-order chi connectivity index (χ0) is 16.5. The highest BCUT2D eigenvalue weighted by molar-refractivity contribution is 6.36. The van der Waals surface area contributed by atoms with E-state index in [9.17, 15) is 14.7 Å². The SMILES string of the molecule is COCCOCC(=O)N[C@@H](Cc1c(Cl)cccc1Cl)C(=O)O. The molecular formula is C14H17Cl2NO5. The van der Waals surface area contributed by atoms with Crippen LogP contribution in [0.1, 0.15) is 5.56 Å². The van der Waals surface area contributed by atoms with Gasteiger partial charge in [0, 0.05) is 23.6 Å². The van der Waals surface area contributed by atoms with Gasteiger partial charge in [0.2, 0.25) is 5.91 Å². The van der Waals surface area contributed by atoms with Gasteiger partial charge in [0.15, 0.2) is 0 Å². The number of rotatable bonds is 9. The standard InChI is InChI=1S/C14H17Cl2NO5/c1-21-5-6-22-8-13(18)17-12(14(19)20)7-9-10(15)3-2-4-11(9)16/h2-4,12H,5-8H2,1H3,(H,17,18)(H,19,20)/t12-/m0/s1. The van der Waals surface area contributed by atoms with Crippen molar-refractivity contribution in [3.05, 3.63) is 33.8 Å². The molecule has 0 radical (unpaired) electrons. The molecule has 0 aromatic heterocycles. The molecule has 1 rings (SSSR count). The number of hydrogen-bond donors (Lipinski definition) is 2. The summed E-state index contributed by atoms with van der Waals surface area (Å²) in [5.41, 5.74) is 0.471. The van der Waals surface area contributed by atoms with E-state index in [4.69, 9.17) is 32.7 Å². The molecule has 2 N–H and O–H groups in total. The molecule has 122 valence electrons. The van der Waals surface area contributed by atoms with Gasteiger partial charge in [-0.1, -0.05) is 29.3 Å². The van der Waals surface area contributed by atoms with E-state index < -0.39 is 17.9 Å². The maximum Gasteiger partial charge on any atom is 0.326 e. The van der Waals surface area contributed by atoms with Crippen LogP contribution in [-0.4, -0.2) is 50.0 Å². The number of aliphatic carboxylic acids is 1. The lowest BCUT2D eigenvalue weighted by molar-refractivity contribution is -0.142. The van der Waals surface area contributed by atoms with E-state index >= 15 is 0 Å². The van der Waals surface area contributed by atoms with Gasteiger partial charge in [-0.05, 0) is 17.7 Å². The Hall–Kier alpha value is -1.34. The Balaban J connectivity index is 2.63. The lowest BCUT2D eigenvalue weighted by Crippen LogP contribution is -2.44. The topological polar surface area (TPSA) is 84.9 Å². The van der Waals surface area contributed by atoms with Crippen LogP contribution < -0.4 is 5.32 Å². The van der Waals surface area contributed by atoms with Crippen LogP contribution in [0.2, 0.25) is 10.0 Å². The maximum absolute atomic E-state index is 11.7. The van der Waals surface area contributed by atoms with Crippen LogP contribution in [0.5, 0.6) is 0 Å². The molecule has 1 aromatic carbocycles. The van der Waals surface area contributed by atoms with E-state index in [1.165, 1.54) is 7.11 Å². The number of carbonyl (C=O) groups is 2. The third-order valence-corrected chi connectivity index (χ3v) is 3.48. The number of methoxy groups -OCH3 is 1. The molecule has 0 bridgehead atoms. The second-order valence-electron chi connectivity index (χ2n) is 4.41. The van der Waals surface area contributed by atoms with Gasteiger partial charge >= 0.3 is 5.97 Å². The molecule has 0 fully saturated rings. The molecule has 6 nitrogen and oxygen atoms in total. The summed E-state index contributed by atoms with van der Waals surface area (Å²) in [4.78, 5) is 23.0. The molecular weight excluding hydrogens is 333 g/mol. The van der Waals surface area contributed by atoms with E-state index in [-0.39, 0.29) is 19.6 Å². The summed E-state index contributed by atoms with van der Waals surface area (Å²) in [5, 5.41) is 12.3. The smallest absolute Gasteiger partial charge is 0.326 e. The summed E-state index contributed by atoms with van der Waals surface area (Å²) in [6.07, 6.45) is -0.0162. The second-order valence-corrected chi connectivity index (χ2v) is 5.22. The summed E-state index contributed by atoms with van der Waals surface area (Å²) < 4.78 is 9.80. The summed E-state index contributed by atoms with van der Waals surface area (Å²) in [5.74, 6) is -1.71. The minimum absolute atomic E-state index is 0.0162. The molecule has 1 atom stereocenters. The van der Waals surface area contributed by atoms with Crippen LogP contribution in [-0.2, 0) is 25.5 Å². The summed E-state index contributed by atoms with van der Waals surface area (Å²) >= 11 is 12.0. The van der Waals surface area contributed by atoms with E-state index in [1.807, 2.05) is 0 Å². The number of amides is 1. The first-order valence-electron chi connectivity index (χ1n) is 6.47. The van der Waals surface area contributed by atoms with Crippen molar-refractivity contribution >= 4 is 35.1 Å². The predicted molar refractivity (Wildman–Crippen MR) is 82.4 cm³/mol. The average Bonchev–Trinajstić information content (AvgIpc) is 2.46. The number of ether oxygens (including phenoxy) is 2. The molecule has 0 saturated heterocycles. The maximum atomic E-state index is 11.7. The van der Waals surface area contributed by atoms with Crippen LogP contribution in [0, 0.1) is 0 Å². The highest BCUT2D eigenvalue weighted by atomic mass is 35.5. The van der Waals surface area contributed by atoms with Crippen molar-refractivity contribution < 1.29 is 24.2 Å². The van der Waals surface area contributed by atoms with Gasteiger partial charge in [-0.2, -0.15) is 0 Å². The number of carbonyl (C=O) groups excluding carboxylic acids is 1. The minimum atomic E-state index is -1.18. The summed E-state index contributed by atoms with van der Waals surface area (Å²) in [6, 6.07) is 3.73. The molecule has 1 aromatic rings. The van der Waals surface area contributed by atoms with Gasteiger partial charge in [-0.3, -0.25) is 4.79 Å². The first-order chi connectivity index (χ1) is 10.5. The quantitative estimate of drug-likeness (QED) is 0.663. The molecule has 22 heavy (non-hydrogen) atoms. The van der Waals surface area contributed by atoms with Crippen molar-refractivity contribution in [1.29, 1.82) is 0 Å². The van der Waals surface area contributed by atoms with Crippen molar-refractivity contribution in [3.63, 3.8) is 0 Å². The van der Waals surface area contributed by atoms with Crippen molar-refractivity contribution in [2.75, 3.05) is 26.9 Å². The summed E-state index contributed by atoms with van der Waals surface area (Å²) in [7, 11) is 1.51. The Bertz CT molecular complexity index is 504. The zero-order valence-corrected chi connectivity index (χ0v) is 13.5. The van der Waals surface area contributed by atoms with Gasteiger partial charge in [-0.25, -0.2) is 4.79 Å². The van der Waals surface area contributed by atoms with Crippen LogP contribution in [0.15, 0.2) is 18.2 Å². The van der Waals surface area contributed by atoms with E-state index in [0.717, 1.165) is 0 Å². The Labute approximate surface area is 138 Å². The second kappa shape index (κ2) is 9.63. The van der Waals surface area contributed by atoms with Crippen molar-refractivity contribution in [2.45, 2.75) is 12.5 Å². The molecule has 8 heteroatoms. The van der Waals surface area contributed by atoms with Gasteiger partial charge in [-0.15, -0.1) is 0 Å². The highest BCUT2D eigenvalue weighted by Gasteiger charge is 2.22. The largest absolute Gasteiger partial charge is 0.480 e. The van der Waals surface area contributed by atoms with Crippen LogP contribution in [0.25, 0.3) is 0 Å². The highest BCUT2D eigenvalue weighted by Crippen LogP contribution is 2.25. The normalized spacial score (nSPS) is 12.0. The van der Waals surface area contributed by atoms with Crippen molar-refractivity contribution in [1.82, 2.24) is 5.32 Å². The first kappa shape index (κ1) is 18.7. The lowest BCUT2D eigenvalue weighted by atomic mass is 10.1. The Morgan fingerprint density at radius 3 is 2.45 bits per heavy atom. The third kappa shape index (κ3) is 6.19. The van der Waals surface area contributed by atoms with Gasteiger partial charge in [0.25, 0.3) is 0 Å². The third-order valence-electron chi connectivity index (χ3n) is 2.77. The lowest BCUT2D eigenvalue weighted by Gasteiger charge is -2.16. The molecule has 0 aliphatic rings. The van der Waals surface area contributed by atoms with E-state index in [2.05, 4.69) is 5.32 Å². The summed E-state index contributed by atoms with van der Waals surface area (Å²) in [6.45, 7) is 0.353. The monoisotopic (exact) mass is 349 g/mol. The first-order valence-corrected chi connectivity index (χ1v) is 7.23.